The van der Waals surface area contributed by atoms with Gasteiger partial charge in [-0.15, -0.1) is 0 Å². The van der Waals surface area contributed by atoms with Crippen LogP contribution in [0.2, 0.25) is 0 Å². The summed E-state index contributed by atoms with van der Waals surface area (Å²) in [7, 11) is 0. The Kier molecular flexibility index (Phi) is 9.36. The first kappa shape index (κ1) is 24.1. The highest BCUT2D eigenvalue weighted by atomic mass is 16.5. The summed E-state index contributed by atoms with van der Waals surface area (Å²) in [6.45, 7) is 10.7. The molecule has 3 rings (SSSR count). The lowest BCUT2D eigenvalue weighted by Gasteiger charge is -2.20. The lowest BCUT2D eigenvalue weighted by Crippen LogP contribution is -2.27. The number of carbonyl (C=O) groups excluding carboxylic acids is 1. The molecule has 0 aliphatic carbocycles. The molecule has 0 amide bonds. The van der Waals surface area contributed by atoms with Crippen molar-refractivity contribution in [2.75, 3.05) is 26.2 Å². The van der Waals surface area contributed by atoms with Gasteiger partial charge in [-0.1, -0.05) is 33.3 Å². The molecule has 0 saturated carbocycles. The average Bonchev–Trinajstić information content (AvgIpc) is 3.19. The van der Waals surface area contributed by atoms with Crippen LogP contribution in [0.3, 0.4) is 0 Å². The summed E-state index contributed by atoms with van der Waals surface area (Å²) in [5.41, 5.74) is 3.69. The highest BCUT2D eigenvalue weighted by molar-refractivity contribution is 6.09. The van der Waals surface area contributed by atoms with Crippen LogP contribution in [0, 0.1) is 0 Å². The number of nitrogens with zero attached hydrogens (tertiary/aromatic N) is 2. The standard InChI is InChI=1S/C28H38N2O2/c1-4-7-11-24-22-25-12-8-9-20-30(25)27(24)28(31)23-13-15-26(16-14-23)32-21-10-19-29(17-5-2)18-6-3/h8-9,12-16,20,22H,4-7,10-11,17-19,21H2,1-3H3. The maximum atomic E-state index is 13.4. The molecular formula is C28H38N2O2. The molecular weight excluding hydrogens is 396 g/mol. The van der Waals surface area contributed by atoms with Crippen LogP contribution < -0.4 is 4.74 Å². The first-order valence-corrected chi connectivity index (χ1v) is 12.3. The van der Waals surface area contributed by atoms with E-state index in [0.29, 0.717) is 12.2 Å². The van der Waals surface area contributed by atoms with Gasteiger partial charge in [0.25, 0.3) is 0 Å². The van der Waals surface area contributed by atoms with Crippen molar-refractivity contribution in [2.24, 2.45) is 0 Å². The van der Waals surface area contributed by atoms with Gasteiger partial charge in [-0.2, -0.15) is 0 Å². The SMILES string of the molecule is CCCCc1cc2ccccn2c1C(=O)c1ccc(OCCCN(CCC)CCC)cc1. The van der Waals surface area contributed by atoms with Crippen LogP contribution in [0.15, 0.2) is 54.7 Å². The zero-order valence-electron chi connectivity index (χ0n) is 20.0. The van der Waals surface area contributed by atoms with Gasteiger partial charge >= 0.3 is 0 Å². The van der Waals surface area contributed by atoms with E-state index in [4.69, 9.17) is 4.74 Å². The van der Waals surface area contributed by atoms with Crippen molar-refractivity contribution in [3.8, 4) is 5.75 Å². The Morgan fingerprint density at radius 1 is 0.906 bits per heavy atom. The second kappa shape index (κ2) is 12.4. The molecule has 0 N–H and O–H groups in total. The van der Waals surface area contributed by atoms with Gasteiger partial charge in [-0.05, 0) is 93.2 Å². The molecule has 0 fully saturated rings. The second-order valence-corrected chi connectivity index (χ2v) is 8.51. The van der Waals surface area contributed by atoms with Gasteiger partial charge in [-0.25, -0.2) is 0 Å². The number of unbranched alkanes of at least 4 members (excludes halogenated alkanes) is 1. The van der Waals surface area contributed by atoms with Gasteiger partial charge < -0.3 is 14.0 Å². The first-order valence-electron chi connectivity index (χ1n) is 12.3. The summed E-state index contributed by atoms with van der Waals surface area (Å²) in [6.07, 6.45) is 8.49. The minimum atomic E-state index is 0.0728. The van der Waals surface area contributed by atoms with E-state index in [0.717, 1.165) is 67.8 Å². The molecule has 1 aromatic carbocycles. The van der Waals surface area contributed by atoms with Crippen LogP contribution in [-0.4, -0.2) is 41.3 Å². The number of ketones is 1. The summed E-state index contributed by atoms with van der Waals surface area (Å²) < 4.78 is 7.97. The number of rotatable bonds is 14. The molecule has 0 aliphatic rings. The highest BCUT2D eigenvalue weighted by Crippen LogP contribution is 2.23. The number of ether oxygens (including phenoxy) is 1. The van der Waals surface area contributed by atoms with Crippen molar-refractivity contribution >= 4 is 11.3 Å². The monoisotopic (exact) mass is 434 g/mol. The minimum absolute atomic E-state index is 0.0728. The number of carbonyl (C=O) groups is 1. The first-order chi connectivity index (χ1) is 15.7. The molecule has 0 unspecified atom stereocenters. The van der Waals surface area contributed by atoms with Crippen LogP contribution in [0.25, 0.3) is 5.52 Å². The number of pyridine rings is 1. The van der Waals surface area contributed by atoms with Crippen molar-refractivity contribution < 1.29 is 9.53 Å². The van der Waals surface area contributed by atoms with Crippen molar-refractivity contribution in [2.45, 2.75) is 59.3 Å². The van der Waals surface area contributed by atoms with E-state index in [2.05, 4.69) is 37.8 Å². The Hall–Kier alpha value is -2.59. The van der Waals surface area contributed by atoms with E-state index in [1.54, 1.807) is 0 Å². The van der Waals surface area contributed by atoms with Gasteiger partial charge in [-0.3, -0.25) is 4.79 Å². The van der Waals surface area contributed by atoms with Gasteiger partial charge in [0.05, 0.1) is 12.3 Å². The Bertz CT molecular complexity index is 969. The summed E-state index contributed by atoms with van der Waals surface area (Å²) in [6, 6.07) is 15.8. The normalized spacial score (nSPS) is 11.4. The molecule has 0 aliphatic heterocycles. The Morgan fingerprint density at radius 2 is 1.66 bits per heavy atom. The average molecular weight is 435 g/mol. The fourth-order valence-electron chi connectivity index (χ4n) is 4.28. The molecule has 2 aromatic heterocycles. The third-order valence-electron chi connectivity index (χ3n) is 5.86. The van der Waals surface area contributed by atoms with E-state index in [-0.39, 0.29) is 5.78 Å². The van der Waals surface area contributed by atoms with Crippen LogP contribution in [0.1, 0.15) is 74.5 Å². The number of benzene rings is 1. The molecule has 2 heterocycles. The molecule has 0 atom stereocenters. The Balaban J connectivity index is 1.64. The molecule has 4 nitrogen and oxygen atoms in total. The molecule has 32 heavy (non-hydrogen) atoms. The molecule has 0 radical (unpaired) electrons. The van der Waals surface area contributed by atoms with Crippen LogP contribution in [0.4, 0.5) is 0 Å². The van der Waals surface area contributed by atoms with Gasteiger partial charge in [0.1, 0.15) is 5.75 Å². The van der Waals surface area contributed by atoms with Gasteiger partial charge in [0.15, 0.2) is 0 Å². The fraction of sp³-hybridized carbons (Fsp3) is 0.464. The topological polar surface area (TPSA) is 34.0 Å². The van der Waals surface area contributed by atoms with Crippen molar-refractivity contribution in [3.63, 3.8) is 0 Å². The van der Waals surface area contributed by atoms with E-state index >= 15 is 0 Å². The summed E-state index contributed by atoms with van der Waals surface area (Å²) in [4.78, 5) is 15.9. The fourth-order valence-corrected chi connectivity index (χ4v) is 4.28. The van der Waals surface area contributed by atoms with E-state index < -0.39 is 0 Å². The van der Waals surface area contributed by atoms with Crippen molar-refractivity contribution in [1.82, 2.24) is 9.30 Å². The lowest BCUT2D eigenvalue weighted by molar-refractivity contribution is 0.103. The largest absolute Gasteiger partial charge is 0.494 e. The number of aromatic nitrogens is 1. The Morgan fingerprint density at radius 3 is 2.34 bits per heavy atom. The second-order valence-electron chi connectivity index (χ2n) is 8.51. The molecule has 3 aromatic rings. The predicted molar refractivity (Wildman–Crippen MR) is 133 cm³/mol. The van der Waals surface area contributed by atoms with Gasteiger partial charge in [0.2, 0.25) is 5.78 Å². The van der Waals surface area contributed by atoms with E-state index in [9.17, 15) is 4.79 Å². The van der Waals surface area contributed by atoms with Crippen LogP contribution in [0.5, 0.6) is 5.75 Å². The molecule has 0 saturated heterocycles. The molecule has 4 heteroatoms. The number of fused-ring (bicyclic) bond motifs is 1. The quantitative estimate of drug-likeness (QED) is 0.217. The third-order valence-corrected chi connectivity index (χ3v) is 5.86. The summed E-state index contributed by atoms with van der Waals surface area (Å²) in [5, 5.41) is 0. The van der Waals surface area contributed by atoms with E-state index in [1.165, 1.54) is 12.8 Å². The molecule has 0 bridgehead atoms. The summed E-state index contributed by atoms with van der Waals surface area (Å²) in [5.74, 6) is 0.897. The van der Waals surface area contributed by atoms with Crippen LogP contribution >= 0.6 is 0 Å². The Labute approximate surface area is 193 Å². The van der Waals surface area contributed by atoms with Gasteiger partial charge in [0, 0.05) is 23.8 Å². The predicted octanol–water partition coefficient (Wildman–Crippen LogP) is 6.40. The molecule has 0 spiro atoms. The molecule has 172 valence electrons. The summed E-state index contributed by atoms with van der Waals surface area (Å²) >= 11 is 0. The number of hydrogen-bond donors (Lipinski definition) is 0. The van der Waals surface area contributed by atoms with E-state index in [1.807, 2.05) is 47.0 Å². The van der Waals surface area contributed by atoms with Crippen molar-refractivity contribution in [3.05, 3.63) is 71.5 Å². The van der Waals surface area contributed by atoms with Crippen molar-refractivity contribution in [1.29, 1.82) is 0 Å². The van der Waals surface area contributed by atoms with Crippen LogP contribution in [-0.2, 0) is 6.42 Å². The zero-order valence-corrected chi connectivity index (χ0v) is 20.0. The highest BCUT2D eigenvalue weighted by Gasteiger charge is 2.18. The smallest absolute Gasteiger partial charge is 0.210 e. The number of aryl methyl sites for hydroxylation is 1. The number of hydrogen-bond acceptors (Lipinski definition) is 3. The zero-order chi connectivity index (χ0) is 22.8. The maximum absolute atomic E-state index is 13.4. The third kappa shape index (κ3) is 6.23. The maximum Gasteiger partial charge on any atom is 0.210 e. The minimum Gasteiger partial charge on any atom is -0.494 e. The lowest BCUT2D eigenvalue weighted by atomic mass is 10.0.